The molecule has 0 aliphatic rings. The zero-order chi connectivity index (χ0) is 9.42. The summed E-state index contributed by atoms with van der Waals surface area (Å²) in [7, 11) is 4.14. The highest BCUT2D eigenvalue weighted by Crippen LogP contribution is 2.36. The molecule has 2 rings (SSSR count). The Bertz CT molecular complexity index is 433. The van der Waals surface area contributed by atoms with Crippen molar-refractivity contribution in [2.45, 2.75) is 0 Å². The average Bonchev–Trinajstić information content (AvgIpc) is 2.48. The van der Waals surface area contributed by atoms with E-state index in [9.17, 15) is 0 Å². The highest BCUT2D eigenvalue weighted by molar-refractivity contribution is 9.10. The van der Waals surface area contributed by atoms with Crippen LogP contribution in [0.5, 0.6) is 0 Å². The molecule has 0 unspecified atom stereocenters. The molecule has 3 heteroatoms. The van der Waals surface area contributed by atoms with Crippen LogP contribution in [0.15, 0.2) is 28.1 Å². The van der Waals surface area contributed by atoms with Crippen molar-refractivity contribution in [3.63, 3.8) is 0 Å². The number of hydrogen-bond acceptors (Lipinski definition) is 2. The molecule has 0 aliphatic carbocycles. The average molecular weight is 256 g/mol. The molecule has 0 fully saturated rings. The first-order chi connectivity index (χ1) is 6.20. The third-order valence-electron chi connectivity index (χ3n) is 2.01. The van der Waals surface area contributed by atoms with E-state index >= 15 is 0 Å². The smallest absolute Gasteiger partial charge is 0.0460 e. The summed E-state index contributed by atoms with van der Waals surface area (Å²) >= 11 is 5.34. The number of benzene rings is 1. The van der Waals surface area contributed by atoms with Crippen LogP contribution in [0, 0.1) is 0 Å². The van der Waals surface area contributed by atoms with Crippen LogP contribution in [0.4, 0.5) is 5.69 Å². The molecule has 0 atom stereocenters. The second-order valence-electron chi connectivity index (χ2n) is 3.13. The summed E-state index contributed by atoms with van der Waals surface area (Å²) in [5, 5.41) is 3.45. The molecule has 0 aliphatic heterocycles. The Morgan fingerprint density at radius 1 is 1.31 bits per heavy atom. The Morgan fingerprint density at radius 2 is 2.08 bits per heavy atom. The van der Waals surface area contributed by atoms with E-state index in [4.69, 9.17) is 0 Å². The molecule has 0 radical (unpaired) electrons. The summed E-state index contributed by atoms with van der Waals surface area (Å²) in [6, 6.07) is 6.39. The van der Waals surface area contributed by atoms with Gasteiger partial charge in [0, 0.05) is 39.7 Å². The van der Waals surface area contributed by atoms with E-state index in [2.05, 4.69) is 58.5 Å². The Morgan fingerprint density at radius 3 is 2.77 bits per heavy atom. The first-order valence-electron chi connectivity index (χ1n) is 4.03. The Kier molecular flexibility index (Phi) is 2.30. The minimum absolute atomic E-state index is 1.19. The SMILES string of the molecule is CN(C)c1cccc2scc(Br)c12. The van der Waals surface area contributed by atoms with E-state index in [1.54, 1.807) is 11.3 Å². The molecule has 0 amide bonds. The molecule has 1 heterocycles. The zero-order valence-electron chi connectivity index (χ0n) is 7.54. The second-order valence-corrected chi connectivity index (χ2v) is 4.89. The number of fused-ring (bicyclic) bond motifs is 1. The summed E-state index contributed by atoms with van der Waals surface area (Å²) < 4.78 is 2.52. The molecular weight excluding hydrogens is 246 g/mol. The highest BCUT2D eigenvalue weighted by atomic mass is 79.9. The molecule has 68 valence electrons. The topological polar surface area (TPSA) is 3.24 Å². The molecule has 0 saturated carbocycles. The molecule has 1 aromatic heterocycles. The van der Waals surface area contributed by atoms with Crippen LogP contribution in [0.2, 0.25) is 0 Å². The lowest BCUT2D eigenvalue weighted by atomic mass is 10.2. The number of thiophene rings is 1. The van der Waals surface area contributed by atoms with Gasteiger partial charge in [0.25, 0.3) is 0 Å². The first-order valence-corrected chi connectivity index (χ1v) is 5.70. The number of rotatable bonds is 1. The van der Waals surface area contributed by atoms with Crippen LogP contribution in [-0.4, -0.2) is 14.1 Å². The maximum Gasteiger partial charge on any atom is 0.0460 e. The number of nitrogens with zero attached hydrogens (tertiary/aromatic N) is 1. The van der Waals surface area contributed by atoms with E-state index < -0.39 is 0 Å². The highest BCUT2D eigenvalue weighted by Gasteiger charge is 2.07. The summed E-state index contributed by atoms with van der Waals surface area (Å²) in [4.78, 5) is 2.14. The first kappa shape index (κ1) is 9.03. The quantitative estimate of drug-likeness (QED) is 0.751. The molecule has 1 aromatic carbocycles. The zero-order valence-corrected chi connectivity index (χ0v) is 9.95. The molecule has 1 nitrogen and oxygen atoms in total. The fourth-order valence-electron chi connectivity index (χ4n) is 1.40. The van der Waals surface area contributed by atoms with E-state index in [0.717, 1.165) is 0 Å². The fraction of sp³-hybridized carbons (Fsp3) is 0.200. The van der Waals surface area contributed by atoms with Crippen molar-refractivity contribution in [2.24, 2.45) is 0 Å². The van der Waals surface area contributed by atoms with Gasteiger partial charge in [-0.25, -0.2) is 0 Å². The second kappa shape index (κ2) is 3.31. The van der Waals surface area contributed by atoms with Crippen LogP contribution >= 0.6 is 27.3 Å². The van der Waals surface area contributed by atoms with Crippen LogP contribution in [-0.2, 0) is 0 Å². The Balaban J connectivity index is 2.80. The van der Waals surface area contributed by atoms with Crippen LogP contribution in [0.1, 0.15) is 0 Å². The monoisotopic (exact) mass is 255 g/mol. The predicted octanol–water partition coefficient (Wildman–Crippen LogP) is 3.73. The minimum Gasteiger partial charge on any atom is -0.377 e. The summed E-state index contributed by atoms with van der Waals surface area (Å²) in [5.74, 6) is 0. The van der Waals surface area contributed by atoms with Crippen LogP contribution < -0.4 is 4.90 Å². The summed E-state index contributed by atoms with van der Waals surface area (Å²) in [5.41, 5.74) is 1.27. The fourth-order valence-corrected chi connectivity index (χ4v) is 3.07. The van der Waals surface area contributed by atoms with Crippen molar-refractivity contribution in [3.8, 4) is 0 Å². The molecular formula is C10H10BrNS. The number of anilines is 1. The lowest BCUT2D eigenvalue weighted by molar-refractivity contribution is 1.14. The summed E-state index contributed by atoms with van der Waals surface area (Å²) in [6.07, 6.45) is 0. The van der Waals surface area contributed by atoms with Crippen molar-refractivity contribution in [1.29, 1.82) is 0 Å². The minimum atomic E-state index is 1.19. The van der Waals surface area contributed by atoms with E-state index in [-0.39, 0.29) is 0 Å². The molecule has 13 heavy (non-hydrogen) atoms. The van der Waals surface area contributed by atoms with Gasteiger partial charge in [-0.1, -0.05) is 6.07 Å². The van der Waals surface area contributed by atoms with Crippen LogP contribution in [0.3, 0.4) is 0 Å². The normalized spacial score (nSPS) is 10.7. The standard InChI is InChI=1S/C10H10BrNS/c1-12(2)8-4-3-5-9-10(8)7(11)6-13-9/h3-6H,1-2H3. The predicted molar refractivity (Wildman–Crippen MR) is 63.9 cm³/mol. The van der Waals surface area contributed by atoms with Gasteiger partial charge in [0.1, 0.15) is 0 Å². The molecule has 0 spiro atoms. The third-order valence-corrected chi connectivity index (χ3v) is 3.89. The maximum absolute atomic E-state index is 3.57. The van der Waals surface area contributed by atoms with Gasteiger partial charge in [-0.3, -0.25) is 0 Å². The number of halogens is 1. The molecule has 0 saturated heterocycles. The van der Waals surface area contributed by atoms with Gasteiger partial charge < -0.3 is 4.90 Å². The molecule has 0 N–H and O–H groups in total. The van der Waals surface area contributed by atoms with E-state index in [0.29, 0.717) is 0 Å². The number of hydrogen-bond donors (Lipinski definition) is 0. The van der Waals surface area contributed by atoms with Gasteiger partial charge in [0.05, 0.1) is 0 Å². The van der Waals surface area contributed by atoms with Gasteiger partial charge >= 0.3 is 0 Å². The van der Waals surface area contributed by atoms with Crippen molar-refractivity contribution in [3.05, 3.63) is 28.1 Å². The van der Waals surface area contributed by atoms with Gasteiger partial charge in [-0.2, -0.15) is 0 Å². The largest absolute Gasteiger partial charge is 0.377 e. The third kappa shape index (κ3) is 1.46. The van der Waals surface area contributed by atoms with Gasteiger partial charge in [-0.15, -0.1) is 11.3 Å². The lowest BCUT2D eigenvalue weighted by Crippen LogP contribution is -2.08. The van der Waals surface area contributed by atoms with Gasteiger partial charge in [0.15, 0.2) is 0 Å². The lowest BCUT2D eigenvalue weighted by Gasteiger charge is -2.13. The van der Waals surface area contributed by atoms with Crippen molar-refractivity contribution in [2.75, 3.05) is 19.0 Å². The van der Waals surface area contributed by atoms with Crippen LogP contribution in [0.25, 0.3) is 10.1 Å². The van der Waals surface area contributed by atoms with E-state index in [1.165, 1.54) is 20.2 Å². The summed E-state index contributed by atoms with van der Waals surface area (Å²) in [6.45, 7) is 0. The molecule has 0 bridgehead atoms. The van der Waals surface area contributed by atoms with Gasteiger partial charge in [0.2, 0.25) is 0 Å². The van der Waals surface area contributed by atoms with Crippen molar-refractivity contribution in [1.82, 2.24) is 0 Å². The van der Waals surface area contributed by atoms with Crippen molar-refractivity contribution >= 4 is 43.0 Å². The maximum atomic E-state index is 3.57. The Hall–Kier alpha value is -0.540. The molecule has 2 aromatic rings. The Labute approximate surface area is 90.1 Å². The van der Waals surface area contributed by atoms with E-state index in [1.807, 2.05) is 0 Å². The van der Waals surface area contributed by atoms with Gasteiger partial charge in [-0.05, 0) is 28.1 Å². The van der Waals surface area contributed by atoms with Crippen molar-refractivity contribution < 1.29 is 0 Å².